The van der Waals surface area contributed by atoms with Gasteiger partial charge >= 0.3 is 5.97 Å². The monoisotopic (exact) mass is 223 g/mol. The first-order chi connectivity index (χ1) is 7.72. The quantitative estimate of drug-likeness (QED) is 0.437. The molecular weight excluding hydrogens is 209 g/mol. The number of rotatable bonds is 5. The Labute approximate surface area is 94.0 Å². The number of esters is 1. The lowest BCUT2D eigenvalue weighted by molar-refractivity contribution is -0.137. The molecule has 1 aromatic rings. The fourth-order valence-electron chi connectivity index (χ4n) is 1.00. The van der Waals surface area contributed by atoms with Crippen molar-refractivity contribution >= 4 is 12.0 Å². The molecule has 0 aliphatic heterocycles. The zero-order chi connectivity index (χ0) is 11.8. The van der Waals surface area contributed by atoms with Crippen LogP contribution in [0.3, 0.4) is 0 Å². The van der Waals surface area contributed by atoms with Gasteiger partial charge in [0.2, 0.25) is 0 Å². The summed E-state index contributed by atoms with van der Waals surface area (Å²) in [4.78, 5) is 14.9. The van der Waals surface area contributed by atoms with Crippen molar-refractivity contribution in [1.29, 1.82) is 0 Å². The summed E-state index contributed by atoms with van der Waals surface area (Å²) in [6.07, 6.45) is 5.72. The van der Waals surface area contributed by atoms with E-state index in [9.17, 15) is 9.18 Å². The third kappa shape index (κ3) is 4.68. The molecule has 3 nitrogen and oxygen atoms in total. The summed E-state index contributed by atoms with van der Waals surface area (Å²) in [7, 11) is 0. The van der Waals surface area contributed by atoms with E-state index in [0.29, 0.717) is 12.3 Å². The molecule has 0 bridgehead atoms. The summed E-state index contributed by atoms with van der Waals surface area (Å²) in [6, 6.07) is 2.78. The predicted molar refractivity (Wildman–Crippen MR) is 59.1 cm³/mol. The van der Waals surface area contributed by atoms with Gasteiger partial charge in [-0.15, -0.1) is 0 Å². The zero-order valence-electron chi connectivity index (χ0n) is 9.15. The highest BCUT2D eigenvalue weighted by molar-refractivity contribution is 5.86. The molecule has 0 amide bonds. The van der Waals surface area contributed by atoms with Crippen LogP contribution in [0.2, 0.25) is 0 Å². The second-order valence-electron chi connectivity index (χ2n) is 3.26. The second-order valence-corrected chi connectivity index (χ2v) is 3.26. The van der Waals surface area contributed by atoms with Gasteiger partial charge in [0, 0.05) is 6.08 Å². The second kappa shape index (κ2) is 6.71. The molecule has 0 aromatic carbocycles. The molecule has 1 rings (SSSR count). The first kappa shape index (κ1) is 12.4. The molecule has 0 spiro atoms. The molecule has 0 aliphatic rings. The molecule has 1 heterocycles. The van der Waals surface area contributed by atoms with Crippen LogP contribution in [0.1, 0.15) is 25.5 Å². The first-order valence-corrected chi connectivity index (χ1v) is 5.18. The van der Waals surface area contributed by atoms with Crippen molar-refractivity contribution in [2.24, 2.45) is 0 Å². The molecule has 0 saturated heterocycles. The average Bonchev–Trinajstić information content (AvgIpc) is 2.29. The molecule has 0 N–H and O–H groups in total. The van der Waals surface area contributed by atoms with E-state index in [1.54, 1.807) is 0 Å². The van der Waals surface area contributed by atoms with E-state index in [2.05, 4.69) is 4.98 Å². The molecular formula is C12H14FNO2. The SMILES string of the molecule is CCCCOC(=O)/C=C/c1ccc(F)cn1. The van der Waals surface area contributed by atoms with Crippen LogP contribution in [-0.4, -0.2) is 17.6 Å². The minimum Gasteiger partial charge on any atom is -0.463 e. The number of pyridine rings is 1. The van der Waals surface area contributed by atoms with Crippen molar-refractivity contribution in [3.05, 3.63) is 35.9 Å². The van der Waals surface area contributed by atoms with E-state index in [0.717, 1.165) is 19.0 Å². The van der Waals surface area contributed by atoms with E-state index >= 15 is 0 Å². The summed E-state index contributed by atoms with van der Waals surface area (Å²) in [5, 5.41) is 0. The van der Waals surface area contributed by atoms with Crippen LogP contribution in [-0.2, 0) is 9.53 Å². The molecule has 16 heavy (non-hydrogen) atoms. The molecule has 4 heteroatoms. The first-order valence-electron chi connectivity index (χ1n) is 5.18. The summed E-state index contributed by atoms with van der Waals surface area (Å²) < 4.78 is 17.4. The molecule has 0 aliphatic carbocycles. The minimum absolute atomic E-state index is 0.400. The van der Waals surface area contributed by atoms with Crippen LogP contribution >= 0.6 is 0 Å². The normalized spacial score (nSPS) is 10.6. The Morgan fingerprint density at radius 3 is 3.00 bits per heavy atom. The van der Waals surface area contributed by atoms with Crippen molar-refractivity contribution in [3.8, 4) is 0 Å². The molecule has 0 saturated carbocycles. The maximum absolute atomic E-state index is 12.5. The van der Waals surface area contributed by atoms with Gasteiger partial charge in [-0.25, -0.2) is 9.18 Å². The number of hydrogen-bond donors (Lipinski definition) is 0. The number of aromatic nitrogens is 1. The van der Waals surface area contributed by atoms with Crippen LogP contribution < -0.4 is 0 Å². The summed E-state index contributed by atoms with van der Waals surface area (Å²) >= 11 is 0. The molecule has 0 atom stereocenters. The average molecular weight is 223 g/mol. The van der Waals surface area contributed by atoms with Gasteiger partial charge in [-0.05, 0) is 24.6 Å². The maximum atomic E-state index is 12.5. The van der Waals surface area contributed by atoms with Crippen LogP contribution in [0.25, 0.3) is 6.08 Å². The van der Waals surface area contributed by atoms with Crippen molar-refractivity contribution in [2.45, 2.75) is 19.8 Å². The number of ether oxygens (including phenoxy) is 1. The summed E-state index contributed by atoms with van der Waals surface area (Å²) in [6.45, 7) is 2.45. The van der Waals surface area contributed by atoms with E-state index < -0.39 is 11.8 Å². The van der Waals surface area contributed by atoms with E-state index in [1.807, 2.05) is 6.92 Å². The van der Waals surface area contributed by atoms with E-state index in [1.165, 1.54) is 24.3 Å². The highest BCUT2D eigenvalue weighted by atomic mass is 19.1. The van der Waals surface area contributed by atoms with Crippen molar-refractivity contribution in [1.82, 2.24) is 4.98 Å². The highest BCUT2D eigenvalue weighted by Crippen LogP contribution is 2.00. The van der Waals surface area contributed by atoms with Crippen molar-refractivity contribution < 1.29 is 13.9 Å². The molecule has 0 radical (unpaired) electrons. The smallest absolute Gasteiger partial charge is 0.330 e. The summed E-state index contributed by atoms with van der Waals surface area (Å²) in [5.74, 6) is -0.803. The Bertz CT molecular complexity index is 360. The van der Waals surface area contributed by atoms with Gasteiger partial charge in [0.05, 0.1) is 18.5 Å². The Hall–Kier alpha value is -1.71. The molecule has 86 valence electrons. The number of carbonyl (C=O) groups is 1. The largest absolute Gasteiger partial charge is 0.463 e. The van der Waals surface area contributed by atoms with Gasteiger partial charge in [0.15, 0.2) is 0 Å². The standard InChI is InChI=1S/C12H14FNO2/c1-2-3-8-16-12(15)7-6-11-5-4-10(13)9-14-11/h4-7,9H,2-3,8H2,1H3/b7-6+. The number of nitrogens with zero attached hydrogens (tertiary/aromatic N) is 1. The molecule has 1 aromatic heterocycles. The number of carbonyl (C=O) groups excluding carboxylic acids is 1. The zero-order valence-corrected chi connectivity index (χ0v) is 9.15. The van der Waals surface area contributed by atoms with Crippen LogP contribution in [0.5, 0.6) is 0 Å². The third-order valence-electron chi connectivity index (χ3n) is 1.88. The fourth-order valence-corrected chi connectivity index (χ4v) is 1.00. The number of hydrogen-bond acceptors (Lipinski definition) is 3. The number of halogens is 1. The van der Waals surface area contributed by atoms with Gasteiger partial charge in [-0.3, -0.25) is 4.98 Å². The molecule has 0 fully saturated rings. The van der Waals surface area contributed by atoms with Crippen LogP contribution in [0.4, 0.5) is 4.39 Å². The van der Waals surface area contributed by atoms with E-state index in [-0.39, 0.29) is 0 Å². The maximum Gasteiger partial charge on any atom is 0.330 e. The number of unbranched alkanes of at least 4 members (excludes halogenated alkanes) is 1. The fraction of sp³-hybridized carbons (Fsp3) is 0.333. The van der Waals surface area contributed by atoms with Gasteiger partial charge in [-0.2, -0.15) is 0 Å². The minimum atomic E-state index is -0.403. The Morgan fingerprint density at radius 2 is 2.38 bits per heavy atom. The van der Waals surface area contributed by atoms with Crippen molar-refractivity contribution in [3.63, 3.8) is 0 Å². The van der Waals surface area contributed by atoms with Crippen molar-refractivity contribution in [2.75, 3.05) is 6.61 Å². The summed E-state index contributed by atoms with van der Waals surface area (Å²) in [5.41, 5.74) is 0.522. The molecule has 0 unspecified atom stereocenters. The van der Waals surface area contributed by atoms with Crippen LogP contribution in [0.15, 0.2) is 24.4 Å². The van der Waals surface area contributed by atoms with Gasteiger partial charge in [-0.1, -0.05) is 13.3 Å². The third-order valence-corrected chi connectivity index (χ3v) is 1.88. The Balaban J connectivity index is 2.41. The van der Waals surface area contributed by atoms with Crippen LogP contribution in [0, 0.1) is 5.82 Å². The van der Waals surface area contributed by atoms with Gasteiger partial charge < -0.3 is 4.74 Å². The lowest BCUT2D eigenvalue weighted by Crippen LogP contribution is -2.01. The predicted octanol–water partition coefficient (Wildman–Crippen LogP) is 2.58. The highest BCUT2D eigenvalue weighted by Gasteiger charge is 1.96. The lowest BCUT2D eigenvalue weighted by Gasteiger charge is -1.98. The van der Waals surface area contributed by atoms with E-state index in [4.69, 9.17) is 4.74 Å². The van der Waals surface area contributed by atoms with Gasteiger partial charge in [0.25, 0.3) is 0 Å². The Kier molecular flexibility index (Phi) is 5.19. The lowest BCUT2D eigenvalue weighted by atomic mass is 10.3. The Morgan fingerprint density at radius 1 is 1.56 bits per heavy atom. The topological polar surface area (TPSA) is 39.2 Å². The van der Waals surface area contributed by atoms with Gasteiger partial charge in [0.1, 0.15) is 5.82 Å².